The number of amides is 2. The molecule has 0 aliphatic carbocycles. The number of hydrogen-bond donors (Lipinski definition) is 1. The first-order valence-corrected chi connectivity index (χ1v) is 9.18. The maximum Gasteiger partial charge on any atom is 0.225 e. The predicted octanol–water partition coefficient (Wildman–Crippen LogP) is 2.32. The Labute approximate surface area is 150 Å². The number of carbonyl (C=O) groups is 2. The van der Waals surface area contributed by atoms with Crippen molar-refractivity contribution in [1.82, 2.24) is 10.2 Å². The average Bonchev–Trinajstić information content (AvgIpc) is 2.94. The van der Waals surface area contributed by atoms with Crippen LogP contribution in [0.2, 0.25) is 0 Å². The Morgan fingerprint density at radius 2 is 2.04 bits per heavy atom. The molecule has 25 heavy (non-hydrogen) atoms. The molecule has 2 rings (SSSR count). The molecule has 1 saturated heterocycles. The van der Waals surface area contributed by atoms with Crippen LogP contribution in [-0.2, 0) is 20.7 Å². The topological polar surface area (TPSA) is 58.6 Å². The van der Waals surface area contributed by atoms with E-state index in [1.165, 1.54) is 11.1 Å². The lowest BCUT2D eigenvalue weighted by Gasteiger charge is -2.16. The maximum absolute atomic E-state index is 12.2. The summed E-state index contributed by atoms with van der Waals surface area (Å²) in [6.45, 7) is 8.49. The summed E-state index contributed by atoms with van der Waals surface area (Å²) in [7, 11) is 0. The van der Waals surface area contributed by atoms with Crippen molar-refractivity contribution in [1.29, 1.82) is 0 Å². The third-order valence-corrected chi connectivity index (χ3v) is 4.45. The number of ether oxygens (including phenoxy) is 1. The van der Waals surface area contributed by atoms with Gasteiger partial charge in [0.2, 0.25) is 11.8 Å². The molecule has 1 fully saturated rings. The summed E-state index contributed by atoms with van der Waals surface area (Å²) in [5.41, 5.74) is 2.45. The summed E-state index contributed by atoms with van der Waals surface area (Å²) in [6, 6.07) is 8.36. The number of likely N-dealkylation sites (tertiary alicyclic amines) is 1. The van der Waals surface area contributed by atoms with Gasteiger partial charge in [-0.15, -0.1) is 0 Å². The normalized spacial score (nSPS) is 17.4. The van der Waals surface area contributed by atoms with Crippen molar-refractivity contribution in [3.63, 3.8) is 0 Å². The Kier molecular flexibility index (Phi) is 7.44. The second-order valence-electron chi connectivity index (χ2n) is 7.04. The number of nitrogens with zero attached hydrogens (tertiary/aromatic N) is 1. The van der Waals surface area contributed by atoms with Gasteiger partial charge in [-0.2, -0.15) is 0 Å². The van der Waals surface area contributed by atoms with Gasteiger partial charge in [-0.1, -0.05) is 29.8 Å². The molecule has 1 aromatic rings. The molecule has 5 nitrogen and oxygen atoms in total. The maximum atomic E-state index is 12.2. The zero-order chi connectivity index (χ0) is 18.2. The number of benzene rings is 1. The summed E-state index contributed by atoms with van der Waals surface area (Å²) in [6.07, 6.45) is 2.15. The minimum atomic E-state index is -0.225. The van der Waals surface area contributed by atoms with Crippen LogP contribution in [-0.4, -0.2) is 49.1 Å². The van der Waals surface area contributed by atoms with Crippen LogP contribution in [0, 0.1) is 12.8 Å². The second-order valence-corrected chi connectivity index (χ2v) is 7.04. The van der Waals surface area contributed by atoms with E-state index in [1.54, 1.807) is 0 Å². The van der Waals surface area contributed by atoms with Gasteiger partial charge in [-0.3, -0.25) is 9.59 Å². The highest BCUT2D eigenvalue weighted by Crippen LogP contribution is 2.18. The quantitative estimate of drug-likeness (QED) is 0.698. The van der Waals surface area contributed by atoms with Crippen LogP contribution in [0.25, 0.3) is 0 Å². The number of nitrogens with one attached hydrogen (secondary N) is 1. The van der Waals surface area contributed by atoms with Crippen molar-refractivity contribution < 1.29 is 14.3 Å². The summed E-state index contributed by atoms with van der Waals surface area (Å²) < 4.78 is 5.45. The van der Waals surface area contributed by atoms with Crippen LogP contribution in [0.15, 0.2) is 24.3 Å². The Morgan fingerprint density at radius 1 is 1.32 bits per heavy atom. The first-order valence-electron chi connectivity index (χ1n) is 9.18. The zero-order valence-electron chi connectivity index (χ0n) is 15.6. The van der Waals surface area contributed by atoms with Crippen molar-refractivity contribution >= 4 is 11.8 Å². The monoisotopic (exact) mass is 346 g/mol. The Balaban J connectivity index is 1.69. The van der Waals surface area contributed by atoms with Crippen molar-refractivity contribution in [2.75, 3.05) is 26.2 Å². The van der Waals surface area contributed by atoms with Crippen LogP contribution < -0.4 is 5.32 Å². The summed E-state index contributed by atoms with van der Waals surface area (Å²) in [5.74, 6) is -0.164. The average molecular weight is 346 g/mol. The SMILES string of the molecule is Cc1ccc(CCN2C[C@H](C(=O)NCCCOC(C)C)CC2=O)cc1. The van der Waals surface area contributed by atoms with Gasteiger partial charge in [-0.05, 0) is 39.2 Å². The molecule has 1 aliphatic rings. The molecule has 1 aliphatic heterocycles. The molecule has 5 heteroatoms. The summed E-state index contributed by atoms with van der Waals surface area (Å²) in [5, 5.41) is 2.92. The van der Waals surface area contributed by atoms with Crippen LogP contribution in [0.1, 0.15) is 37.8 Å². The summed E-state index contributed by atoms with van der Waals surface area (Å²) in [4.78, 5) is 26.2. The predicted molar refractivity (Wildman–Crippen MR) is 98.3 cm³/mol. The van der Waals surface area contributed by atoms with Crippen molar-refractivity contribution in [3.05, 3.63) is 35.4 Å². The Hall–Kier alpha value is -1.88. The third kappa shape index (κ3) is 6.50. The molecular weight excluding hydrogens is 316 g/mol. The highest BCUT2D eigenvalue weighted by atomic mass is 16.5. The molecule has 138 valence electrons. The number of hydrogen-bond acceptors (Lipinski definition) is 3. The largest absolute Gasteiger partial charge is 0.379 e. The minimum absolute atomic E-state index is 0.0178. The smallest absolute Gasteiger partial charge is 0.225 e. The first kappa shape index (κ1) is 19.4. The molecule has 1 atom stereocenters. The molecule has 0 bridgehead atoms. The van der Waals surface area contributed by atoms with E-state index < -0.39 is 0 Å². The van der Waals surface area contributed by atoms with Gasteiger partial charge in [0.05, 0.1) is 12.0 Å². The standard InChI is InChI=1S/C20H30N2O3/c1-15(2)25-12-4-10-21-20(24)18-13-19(23)22(14-18)11-9-17-7-5-16(3)6-8-17/h5-8,15,18H,4,9-14H2,1-3H3,(H,21,24)/t18-/m1/s1. The molecular formula is C20H30N2O3. The molecule has 0 saturated carbocycles. The van der Waals surface area contributed by atoms with Crippen molar-refractivity contribution in [2.45, 2.75) is 46.1 Å². The fourth-order valence-electron chi connectivity index (χ4n) is 2.93. The van der Waals surface area contributed by atoms with E-state index in [-0.39, 0.29) is 23.8 Å². The van der Waals surface area contributed by atoms with Crippen LogP contribution in [0.4, 0.5) is 0 Å². The van der Waals surface area contributed by atoms with E-state index in [4.69, 9.17) is 4.74 Å². The number of rotatable bonds is 9. The van der Waals surface area contributed by atoms with E-state index in [0.29, 0.717) is 32.7 Å². The van der Waals surface area contributed by atoms with E-state index >= 15 is 0 Å². The highest BCUT2D eigenvalue weighted by Gasteiger charge is 2.33. The lowest BCUT2D eigenvalue weighted by molar-refractivity contribution is -0.129. The molecule has 2 amide bonds. The number of aryl methyl sites for hydroxylation is 1. The first-order chi connectivity index (χ1) is 12.0. The molecule has 0 spiro atoms. The van der Waals surface area contributed by atoms with Gasteiger partial charge in [0.25, 0.3) is 0 Å². The van der Waals surface area contributed by atoms with E-state index in [1.807, 2.05) is 18.7 Å². The van der Waals surface area contributed by atoms with Gasteiger partial charge in [0.15, 0.2) is 0 Å². The Bertz CT molecular complexity index is 569. The zero-order valence-corrected chi connectivity index (χ0v) is 15.6. The lowest BCUT2D eigenvalue weighted by Crippen LogP contribution is -2.34. The Morgan fingerprint density at radius 3 is 2.72 bits per heavy atom. The van der Waals surface area contributed by atoms with Crippen LogP contribution >= 0.6 is 0 Å². The van der Waals surface area contributed by atoms with E-state index in [9.17, 15) is 9.59 Å². The van der Waals surface area contributed by atoms with Gasteiger partial charge >= 0.3 is 0 Å². The van der Waals surface area contributed by atoms with Crippen molar-refractivity contribution in [3.8, 4) is 0 Å². The van der Waals surface area contributed by atoms with Gasteiger partial charge in [-0.25, -0.2) is 0 Å². The summed E-state index contributed by atoms with van der Waals surface area (Å²) >= 11 is 0. The lowest BCUT2D eigenvalue weighted by atomic mass is 10.1. The molecule has 0 unspecified atom stereocenters. The minimum Gasteiger partial charge on any atom is -0.379 e. The molecule has 0 aromatic heterocycles. The van der Waals surface area contributed by atoms with Gasteiger partial charge < -0.3 is 15.0 Å². The highest BCUT2D eigenvalue weighted by molar-refractivity contribution is 5.89. The van der Waals surface area contributed by atoms with Gasteiger partial charge in [0.1, 0.15) is 0 Å². The van der Waals surface area contributed by atoms with Gasteiger partial charge in [0, 0.05) is 32.7 Å². The molecule has 1 aromatic carbocycles. The number of carbonyl (C=O) groups excluding carboxylic acids is 2. The third-order valence-electron chi connectivity index (χ3n) is 4.45. The van der Waals surface area contributed by atoms with Crippen LogP contribution in [0.3, 0.4) is 0 Å². The molecule has 1 N–H and O–H groups in total. The molecule has 0 radical (unpaired) electrons. The van der Waals surface area contributed by atoms with E-state index in [2.05, 4.69) is 36.5 Å². The fraction of sp³-hybridized carbons (Fsp3) is 0.600. The second kappa shape index (κ2) is 9.56. The van der Waals surface area contributed by atoms with Crippen LogP contribution in [0.5, 0.6) is 0 Å². The molecule has 1 heterocycles. The van der Waals surface area contributed by atoms with E-state index in [0.717, 1.165) is 12.8 Å². The fourth-order valence-corrected chi connectivity index (χ4v) is 2.93. The van der Waals surface area contributed by atoms with Crippen molar-refractivity contribution in [2.24, 2.45) is 5.92 Å².